The summed E-state index contributed by atoms with van der Waals surface area (Å²) in [6.07, 6.45) is 0.975. The fourth-order valence-corrected chi connectivity index (χ4v) is 1.68. The van der Waals surface area contributed by atoms with E-state index in [1.54, 1.807) is 7.05 Å². The Balaban J connectivity index is 2.35. The lowest BCUT2D eigenvalue weighted by Crippen LogP contribution is -2.15. The van der Waals surface area contributed by atoms with E-state index in [1.807, 2.05) is 32.3 Å². The third-order valence-electron chi connectivity index (χ3n) is 2.70. The molecule has 1 heterocycles. The number of aromatic nitrogens is 1. The van der Waals surface area contributed by atoms with Crippen LogP contribution < -0.4 is 5.76 Å². The summed E-state index contributed by atoms with van der Waals surface area (Å²) in [6.45, 7) is 0.997. The normalized spacial score (nSPS) is 11.5. The van der Waals surface area contributed by atoms with Gasteiger partial charge >= 0.3 is 5.76 Å². The molecule has 0 bridgehead atoms. The first kappa shape index (κ1) is 11.0. The first-order valence-electron chi connectivity index (χ1n) is 5.31. The van der Waals surface area contributed by atoms with Gasteiger partial charge in [-0.05, 0) is 38.2 Å². The number of likely N-dealkylation sites (N-methyl/N-ethyl adjacent to an activating group) is 1. The van der Waals surface area contributed by atoms with Crippen molar-refractivity contribution in [2.75, 3.05) is 20.6 Å². The molecule has 4 nitrogen and oxygen atoms in total. The van der Waals surface area contributed by atoms with Gasteiger partial charge in [0.25, 0.3) is 0 Å². The second-order valence-electron chi connectivity index (χ2n) is 4.28. The second kappa shape index (κ2) is 4.14. The average Bonchev–Trinajstić information content (AvgIpc) is 2.52. The minimum Gasteiger partial charge on any atom is -0.408 e. The lowest BCUT2D eigenvalue weighted by atomic mass is 10.1. The molecule has 0 aliphatic heterocycles. The Morgan fingerprint density at radius 2 is 2.12 bits per heavy atom. The van der Waals surface area contributed by atoms with Gasteiger partial charge in [-0.25, -0.2) is 4.79 Å². The third-order valence-corrected chi connectivity index (χ3v) is 2.70. The Morgan fingerprint density at radius 3 is 2.81 bits per heavy atom. The topological polar surface area (TPSA) is 38.4 Å². The molecule has 4 heteroatoms. The van der Waals surface area contributed by atoms with Crippen molar-refractivity contribution in [2.24, 2.45) is 7.05 Å². The van der Waals surface area contributed by atoms with E-state index >= 15 is 0 Å². The van der Waals surface area contributed by atoms with E-state index in [2.05, 4.69) is 4.90 Å². The van der Waals surface area contributed by atoms with Crippen molar-refractivity contribution in [1.29, 1.82) is 0 Å². The van der Waals surface area contributed by atoms with Crippen molar-refractivity contribution in [3.63, 3.8) is 0 Å². The zero-order valence-electron chi connectivity index (χ0n) is 9.86. The lowest BCUT2D eigenvalue weighted by Gasteiger charge is -2.08. The molecule has 0 spiro atoms. The standard InChI is InChI=1S/C12H16N2O2/c1-13(2)7-6-9-4-5-11-10(8-9)14(3)12(15)16-11/h4-5,8H,6-7H2,1-3H3. The van der Waals surface area contributed by atoms with Crippen LogP contribution in [0.3, 0.4) is 0 Å². The molecule has 86 valence electrons. The van der Waals surface area contributed by atoms with E-state index in [0.29, 0.717) is 5.58 Å². The first-order valence-corrected chi connectivity index (χ1v) is 5.31. The zero-order valence-corrected chi connectivity index (χ0v) is 9.86. The van der Waals surface area contributed by atoms with Gasteiger partial charge in [0, 0.05) is 13.6 Å². The van der Waals surface area contributed by atoms with E-state index in [9.17, 15) is 4.79 Å². The number of oxazole rings is 1. The van der Waals surface area contributed by atoms with Crippen molar-refractivity contribution in [3.05, 3.63) is 34.3 Å². The Kier molecular flexibility index (Phi) is 2.83. The summed E-state index contributed by atoms with van der Waals surface area (Å²) in [4.78, 5) is 13.4. The van der Waals surface area contributed by atoms with Gasteiger partial charge in [-0.2, -0.15) is 0 Å². The summed E-state index contributed by atoms with van der Waals surface area (Å²) in [5, 5.41) is 0. The molecule has 2 aromatic rings. The highest BCUT2D eigenvalue weighted by atomic mass is 16.4. The zero-order chi connectivity index (χ0) is 11.7. The molecule has 0 N–H and O–H groups in total. The third kappa shape index (κ3) is 2.02. The first-order chi connectivity index (χ1) is 7.58. The predicted octanol–water partition coefficient (Wildman–Crippen LogP) is 1.24. The molecule has 0 atom stereocenters. The van der Waals surface area contributed by atoms with Crippen molar-refractivity contribution in [2.45, 2.75) is 6.42 Å². The van der Waals surface area contributed by atoms with Crippen LogP contribution in [-0.4, -0.2) is 30.1 Å². The highest BCUT2D eigenvalue weighted by Crippen LogP contribution is 2.14. The molecule has 1 aromatic carbocycles. The largest absolute Gasteiger partial charge is 0.419 e. The van der Waals surface area contributed by atoms with Crippen molar-refractivity contribution < 1.29 is 4.42 Å². The Bertz CT molecular complexity index is 552. The predicted molar refractivity (Wildman–Crippen MR) is 63.7 cm³/mol. The second-order valence-corrected chi connectivity index (χ2v) is 4.28. The van der Waals surface area contributed by atoms with Gasteiger partial charge < -0.3 is 9.32 Å². The molecule has 2 rings (SSSR count). The summed E-state index contributed by atoms with van der Waals surface area (Å²) >= 11 is 0. The molecule has 1 aromatic heterocycles. The molecular weight excluding hydrogens is 204 g/mol. The highest BCUT2D eigenvalue weighted by molar-refractivity contribution is 5.73. The van der Waals surface area contributed by atoms with Gasteiger partial charge in [-0.3, -0.25) is 4.57 Å². The van der Waals surface area contributed by atoms with Crippen LogP contribution in [0.5, 0.6) is 0 Å². The summed E-state index contributed by atoms with van der Waals surface area (Å²) in [5.41, 5.74) is 2.74. The van der Waals surface area contributed by atoms with Crippen LogP contribution in [0.2, 0.25) is 0 Å². The summed E-state index contributed by atoms with van der Waals surface area (Å²) in [7, 11) is 5.82. The molecule has 0 radical (unpaired) electrons. The maximum absolute atomic E-state index is 11.3. The van der Waals surface area contributed by atoms with Crippen LogP contribution in [0.15, 0.2) is 27.4 Å². The molecule has 0 unspecified atom stereocenters. The number of benzene rings is 1. The molecule has 0 aliphatic rings. The number of aryl methyl sites for hydroxylation is 1. The molecule has 0 saturated carbocycles. The van der Waals surface area contributed by atoms with Gasteiger partial charge in [0.1, 0.15) is 0 Å². The molecule has 0 fully saturated rings. The number of nitrogens with zero attached hydrogens (tertiary/aromatic N) is 2. The fourth-order valence-electron chi connectivity index (χ4n) is 1.68. The number of rotatable bonds is 3. The van der Waals surface area contributed by atoms with Crippen molar-refractivity contribution in [1.82, 2.24) is 9.47 Å². The average molecular weight is 220 g/mol. The molecular formula is C12H16N2O2. The fraction of sp³-hybridized carbons (Fsp3) is 0.417. The minimum atomic E-state index is -0.306. The Morgan fingerprint density at radius 1 is 1.38 bits per heavy atom. The number of fused-ring (bicyclic) bond motifs is 1. The van der Waals surface area contributed by atoms with E-state index in [0.717, 1.165) is 18.5 Å². The van der Waals surface area contributed by atoms with Crippen LogP contribution in [-0.2, 0) is 13.5 Å². The molecule has 0 aliphatic carbocycles. The smallest absolute Gasteiger partial charge is 0.408 e. The van der Waals surface area contributed by atoms with E-state index in [-0.39, 0.29) is 5.76 Å². The maximum Gasteiger partial charge on any atom is 0.419 e. The van der Waals surface area contributed by atoms with Crippen LogP contribution in [0.1, 0.15) is 5.56 Å². The van der Waals surface area contributed by atoms with Crippen molar-refractivity contribution >= 4 is 11.1 Å². The minimum absolute atomic E-state index is 0.306. The Hall–Kier alpha value is -1.55. The molecule has 16 heavy (non-hydrogen) atoms. The van der Waals surface area contributed by atoms with Crippen LogP contribution >= 0.6 is 0 Å². The number of hydrogen-bond donors (Lipinski definition) is 0. The van der Waals surface area contributed by atoms with Crippen LogP contribution in [0, 0.1) is 0 Å². The van der Waals surface area contributed by atoms with Crippen LogP contribution in [0.25, 0.3) is 11.1 Å². The Labute approximate surface area is 94.1 Å². The van der Waals surface area contributed by atoms with Gasteiger partial charge in [-0.1, -0.05) is 6.07 Å². The van der Waals surface area contributed by atoms with E-state index in [4.69, 9.17) is 4.42 Å². The van der Waals surface area contributed by atoms with E-state index < -0.39 is 0 Å². The summed E-state index contributed by atoms with van der Waals surface area (Å²) < 4.78 is 6.61. The monoisotopic (exact) mass is 220 g/mol. The van der Waals surface area contributed by atoms with Gasteiger partial charge in [0.05, 0.1) is 5.52 Å². The summed E-state index contributed by atoms with van der Waals surface area (Å²) in [5.74, 6) is -0.306. The SMILES string of the molecule is CN(C)CCc1ccc2oc(=O)n(C)c2c1. The van der Waals surface area contributed by atoms with Gasteiger partial charge in [0.15, 0.2) is 5.58 Å². The van der Waals surface area contributed by atoms with Crippen molar-refractivity contribution in [3.8, 4) is 0 Å². The lowest BCUT2D eigenvalue weighted by molar-refractivity contribution is 0.413. The van der Waals surface area contributed by atoms with E-state index in [1.165, 1.54) is 10.1 Å². The van der Waals surface area contributed by atoms with Crippen LogP contribution in [0.4, 0.5) is 0 Å². The van der Waals surface area contributed by atoms with Gasteiger partial charge in [0.2, 0.25) is 0 Å². The molecule has 0 amide bonds. The summed E-state index contributed by atoms with van der Waals surface area (Å²) in [6, 6.07) is 5.89. The van der Waals surface area contributed by atoms with Gasteiger partial charge in [-0.15, -0.1) is 0 Å². The highest BCUT2D eigenvalue weighted by Gasteiger charge is 2.06. The quantitative estimate of drug-likeness (QED) is 0.781. The number of hydrogen-bond acceptors (Lipinski definition) is 3. The maximum atomic E-state index is 11.3. The molecule has 0 saturated heterocycles.